The molecule has 4 heavy (non-hydrogen) atoms. The van der Waals surface area contributed by atoms with Crippen LogP contribution >= 0.6 is 0 Å². The van der Waals surface area contributed by atoms with Crippen LogP contribution in [0.25, 0.3) is 0 Å². The molecule has 0 aliphatic rings. The molecule has 0 heterocycles. The molecule has 0 aromatic heterocycles. The second-order valence-corrected chi connectivity index (χ2v) is 0.424. The Morgan fingerprint density at radius 2 is 1.75 bits per heavy atom. The third-order valence-electron chi connectivity index (χ3n) is 0. The van der Waals surface area contributed by atoms with Crippen molar-refractivity contribution in [2.45, 2.75) is 0 Å². The van der Waals surface area contributed by atoms with Gasteiger partial charge in [-0.25, -0.2) is 0 Å². The summed E-state index contributed by atoms with van der Waals surface area (Å²) in [5, 5.41) is 0. The normalized spacial score (nSPS) is 5.25. The molecule has 0 aromatic carbocycles. The topological polar surface area (TPSA) is 37.3 Å². The summed E-state index contributed by atoms with van der Waals surface area (Å²) in [6.07, 6.45) is 0. The average molecular weight is 173 g/mol. The molecular weight excluding hydrogens is 172 g/mol. The molecule has 0 atom stereocenters. The van der Waals surface area contributed by atoms with E-state index in [4.69, 9.17) is 7.84 Å². The van der Waals surface area contributed by atoms with Crippen molar-refractivity contribution >= 4 is 16.0 Å². The molecule has 4 heteroatoms. The first-order chi connectivity index (χ1) is 1.41. The largest absolute Gasteiger partial charge is 0 e. The van der Waals surface area contributed by atoms with Crippen molar-refractivity contribution in [3.8, 4) is 0 Å². The van der Waals surface area contributed by atoms with E-state index in [1.54, 1.807) is 0 Å². The molecule has 0 rings (SSSR count). The Morgan fingerprint density at radius 1 is 1.75 bits per heavy atom. The molecule has 0 spiro atoms. The molecule has 0 fully saturated rings. The standard InChI is InChI=1S/AsHO2.Zn/c2-1-3;/h(H,2,3);. The monoisotopic (exact) mass is 172 g/mol. The average Bonchev–Trinajstić information content (AvgIpc) is 0.918. The van der Waals surface area contributed by atoms with E-state index in [0.29, 0.717) is 0 Å². The van der Waals surface area contributed by atoms with E-state index in [0.717, 1.165) is 0 Å². The fourth-order valence-corrected chi connectivity index (χ4v) is 0. The van der Waals surface area contributed by atoms with Gasteiger partial charge >= 0.3 is 23.9 Å². The Kier molecular flexibility index (Phi) is 20.1. The first-order valence-electron chi connectivity index (χ1n) is 0.383. The van der Waals surface area contributed by atoms with Gasteiger partial charge in [-0.2, -0.15) is 0 Å². The zero-order valence-electron chi connectivity index (χ0n) is 2.01. The zero-order chi connectivity index (χ0) is 2.71. The summed E-state index contributed by atoms with van der Waals surface area (Å²) in [6, 6.07) is 0. The summed E-state index contributed by atoms with van der Waals surface area (Å²) in [5.74, 6) is 0. The fraction of sp³-hybridized carbons (Fsp3) is 0. The SMILES string of the molecule is O=[As]O.[Zn]. The third kappa shape index (κ3) is 12.5. The molecule has 0 radical (unpaired) electrons. The van der Waals surface area contributed by atoms with Crippen LogP contribution in [0.3, 0.4) is 0 Å². The van der Waals surface area contributed by atoms with E-state index in [-0.39, 0.29) is 19.5 Å². The van der Waals surface area contributed by atoms with Gasteiger partial charge in [-0.05, 0) is 0 Å². The first kappa shape index (κ1) is 8.87. The third-order valence-corrected chi connectivity index (χ3v) is 0. The molecule has 0 aliphatic heterocycles. The van der Waals surface area contributed by atoms with E-state index in [1.807, 2.05) is 0 Å². The summed E-state index contributed by atoms with van der Waals surface area (Å²) in [5.41, 5.74) is 0. The van der Waals surface area contributed by atoms with Crippen LogP contribution in [-0.4, -0.2) is 20.1 Å². The second-order valence-electron chi connectivity index (χ2n) is 0.0816. The smallest absolute Gasteiger partial charge is 0 e. The van der Waals surface area contributed by atoms with Gasteiger partial charge in [-0.1, -0.05) is 0 Å². The van der Waals surface area contributed by atoms with Crippen molar-refractivity contribution in [1.82, 2.24) is 0 Å². The van der Waals surface area contributed by atoms with Crippen LogP contribution in [0.1, 0.15) is 0 Å². The van der Waals surface area contributed by atoms with Crippen LogP contribution in [0.15, 0.2) is 0 Å². The molecule has 2 nitrogen and oxygen atoms in total. The Bertz CT molecular complexity index is 13.5. The van der Waals surface area contributed by atoms with Gasteiger partial charge < -0.3 is 0 Å². The first-order valence-corrected chi connectivity index (χ1v) is 1.99. The van der Waals surface area contributed by atoms with Crippen LogP contribution in [0.2, 0.25) is 0 Å². The van der Waals surface area contributed by atoms with Gasteiger partial charge in [0.15, 0.2) is 0 Å². The van der Waals surface area contributed by atoms with Crippen molar-refractivity contribution in [3.05, 3.63) is 0 Å². The molecule has 0 saturated carbocycles. The van der Waals surface area contributed by atoms with Crippen LogP contribution in [0.5, 0.6) is 0 Å². The minimum Gasteiger partial charge on any atom is 0 e. The second kappa shape index (κ2) is 9.05. The Morgan fingerprint density at radius 3 is 1.75 bits per heavy atom. The van der Waals surface area contributed by atoms with Crippen molar-refractivity contribution < 1.29 is 27.3 Å². The Hall–Kier alpha value is 0.942. The molecule has 0 saturated heterocycles. The van der Waals surface area contributed by atoms with Gasteiger partial charge in [0.05, 0.1) is 0 Å². The molecule has 0 aromatic rings. The summed E-state index contributed by atoms with van der Waals surface area (Å²) < 4.78 is 15.7. The number of hydrogen-bond acceptors (Lipinski definition) is 1. The molecular formula is HAsO2Zn. The van der Waals surface area contributed by atoms with Crippen LogP contribution in [0, 0.1) is 0 Å². The van der Waals surface area contributed by atoms with Gasteiger partial charge in [0, 0.05) is 19.5 Å². The van der Waals surface area contributed by atoms with E-state index >= 15 is 0 Å². The maximum absolute atomic E-state index is 8.58. The van der Waals surface area contributed by atoms with Gasteiger partial charge in [-0.15, -0.1) is 0 Å². The summed E-state index contributed by atoms with van der Waals surface area (Å²) in [6.45, 7) is 0. The molecule has 0 bridgehead atoms. The van der Waals surface area contributed by atoms with Gasteiger partial charge in [0.2, 0.25) is 0 Å². The molecule has 1 N–H and O–H groups in total. The Balaban J connectivity index is 0. The van der Waals surface area contributed by atoms with Gasteiger partial charge in [-0.3, -0.25) is 0 Å². The van der Waals surface area contributed by atoms with Crippen LogP contribution in [-0.2, 0) is 23.2 Å². The summed E-state index contributed by atoms with van der Waals surface area (Å²) in [7, 11) is 0. The quantitative estimate of drug-likeness (QED) is 0.474. The van der Waals surface area contributed by atoms with E-state index in [2.05, 4.69) is 0 Å². The zero-order valence-corrected chi connectivity index (χ0v) is 6.85. The minimum atomic E-state index is -1.56. The van der Waals surface area contributed by atoms with E-state index < -0.39 is 16.0 Å². The maximum atomic E-state index is 8.58. The van der Waals surface area contributed by atoms with Crippen molar-refractivity contribution in [1.29, 1.82) is 0 Å². The van der Waals surface area contributed by atoms with Gasteiger partial charge in [0.1, 0.15) is 0 Å². The summed E-state index contributed by atoms with van der Waals surface area (Å²) in [4.78, 5) is 0. The molecule has 20 valence electrons. The van der Waals surface area contributed by atoms with E-state index in [1.165, 1.54) is 0 Å². The number of rotatable bonds is 0. The van der Waals surface area contributed by atoms with Crippen LogP contribution < -0.4 is 0 Å². The van der Waals surface area contributed by atoms with Crippen molar-refractivity contribution in [2.75, 3.05) is 0 Å². The maximum Gasteiger partial charge on any atom is 0 e. The summed E-state index contributed by atoms with van der Waals surface area (Å²) >= 11 is -1.56. The van der Waals surface area contributed by atoms with Gasteiger partial charge in [0.25, 0.3) is 0 Å². The molecule has 0 unspecified atom stereocenters. The van der Waals surface area contributed by atoms with Crippen molar-refractivity contribution in [3.63, 3.8) is 0 Å². The fourth-order valence-electron chi connectivity index (χ4n) is 0. The predicted molar refractivity (Wildman–Crippen MR) is 8.66 cm³/mol. The molecule has 0 aliphatic carbocycles. The number of hydrogen-bond donors (Lipinski definition) is 1. The molecule has 0 amide bonds. The Labute approximate surface area is 43.6 Å². The minimum absolute atomic E-state index is 0. The van der Waals surface area contributed by atoms with Crippen LogP contribution in [0.4, 0.5) is 0 Å². The predicted octanol–water partition coefficient (Wildman–Crippen LogP) is -1.06. The van der Waals surface area contributed by atoms with Crippen molar-refractivity contribution in [2.24, 2.45) is 0 Å². The van der Waals surface area contributed by atoms with E-state index in [9.17, 15) is 0 Å².